The minimum absolute atomic E-state index is 0.492. The monoisotopic (exact) mass is 323 g/mol. The van der Waals surface area contributed by atoms with Gasteiger partial charge in [-0.25, -0.2) is 4.68 Å². The molecule has 0 aliphatic heterocycles. The van der Waals surface area contributed by atoms with Crippen molar-refractivity contribution in [3.63, 3.8) is 0 Å². The third-order valence-corrected chi connectivity index (χ3v) is 3.85. The van der Waals surface area contributed by atoms with Crippen molar-refractivity contribution in [1.82, 2.24) is 19.6 Å². The van der Waals surface area contributed by atoms with Crippen LogP contribution in [0.15, 0.2) is 34.6 Å². The zero-order chi connectivity index (χ0) is 17.4. The Morgan fingerprint density at radius 1 is 1.00 bits per heavy atom. The first kappa shape index (κ1) is 15.9. The Morgan fingerprint density at radius 2 is 1.67 bits per heavy atom. The zero-order valence-electron chi connectivity index (χ0n) is 14.6. The van der Waals surface area contributed by atoms with Gasteiger partial charge < -0.3 is 5.73 Å². The quantitative estimate of drug-likeness (QED) is 0.743. The number of azo groups is 1. The first-order valence-corrected chi connectivity index (χ1v) is 7.71. The lowest BCUT2D eigenvalue weighted by Crippen LogP contribution is -1.97. The Labute approximate surface area is 140 Å². The fraction of sp³-hybridized carbons (Fsp3) is 0.294. The summed E-state index contributed by atoms with van der Waals surface area (Å²) in [4.78, 5) is 0. The van der Waals surface area contributed by atoms with Crippen LogP contribution in [-0.4, -0.2) is 19.6 Å². The van der Waals surface area contributed by atoms with Crippen molar-refractivity contribution >= 4 is 17.3 Å². The second-order valence-electron chi connectivity index (χ2n) is 6.05. The van der Waals surface area contributed by atoms with E-state index in [1.807, 2.05) is 13.8 Å². The molecule has 2 N–H and O–H groups in total. The maximum atomic E-state index is 5.99. The largest absolute Gasteiger partial charge is 0.382 e. The van der Waals surface area contributed by atoms with Crippen LogP contribution in [0.2, 0.25) is 0 Å². The highest BCUT2D eigenvalue weighted by Crippen LogP contribution is 2.30. The summed E-state index contributed by atoms with van der Waals surface area (Å²) in [5.74, 6) is 1.18. The number of nitrogen functional groups attached to an aromatic ring is 1. The van der Waals surface area contributed by atoms with Crippen LogP contribution in [0.1, 0.15) is 22.4 Å². The molecule has 0 bridgehead atoms. The van der Waals surface area contributed by atoms with Crippen LogP contribution in [0.5, 0.6) is 0 Å². The van der Waals surface area contributed by atoms with Crippen LogP contribution in [-0.2, 0) is 7.05 Å². The molecule has 0 radical (unpaired) electrons. The SMILES string of the molecule is Cc1cc(C)cc(-n2ncc(C)c2N=Nc2c(C)nn(C)c2N)c1. The number of hydrogen-bond donors (Lipinski definition) is 1. The molecule has 3 rings (SSSR count). The van der Waals surface area contributed by atoms with Gasteiger partial charge in [-0.2, -0.15) is 10.2 Å². The van der Waals surface area contributed by atoms with Crippen LogP contribution in [0, 0.1) is 27.7 Å². The van der Waals surface area contributed by atoms with Crippen LogP contribution in [0.3, 0.4) is 0 Å². The lowest BCUT2D eigenvalue weighted by Gasteiger charge is -2.07. The Balaban J connectivity index is 2.06. The van der Waals surface area contributed by atoms with Crippen LogP contribution in [0.4, 0.5) is 17.3 Å². The number of rotatable bonds is 3. The molecule has 7 nitrogen and oxygen atoms in total. The molecule has 0 fully saturated rings. The molecule has 24 heavy (non-hydrogen) atoms. The van der Waals surface area contributed by atoms with Crippen molar-refractivity contribution in [2.24, 2.45) is 17.3 Å². The van der Waals surface area contributed by atoms with Crippen molar-refractivity contribution in [3.8, 4) is 5.69 Å². The number of nitrogens with zero attached hydrogens (tertiary/aromatic N) is 6. The molecule has 0 aliphatic carbocycles. The standard InChI is InChI=1S/C17H21N7/c1-10-6-11(2)8-14(7-10)24-17(12(3)9-19-24)21-20-15-13(4)22-23(5)16(15)18/h6-9H,18H2,1-5H3. The summed E-state index contributed by atoms with van der Waals surface area (Å²) in [5, 5.41) is 17.4. The molecule has 2 heterocycles. The van der Waals surface area contributed by atoms with Crippen molar-refractivity contribution in [2.45, 2.75) is 27.7 Å². The Hall–Kier alpha value is -2.96. The predicted octanol–water partition coefficient (Wildman–Crippen LogP) is 3.84. The van der Waals surface area contributed by atoms with Gasteiger partial charge in [0.1, 0.15) is 5.82 Å². The van der Waals surface area contributed by atoms with Crippen molar-refractivity contribution in [2.75, 3.05) is 5.73 Å². The number of anilines is 1. The molecule has 0 atom stereocenters. The van der Waals surface area contributed by atoms with E-state index in [0.717, 1.165) is 16.9 Å². The molecule has 0 saturated carbocycles. The Bertz CT molecular complexity index is 911. The summed E-state index contributed by atoms with van der Waals surface area (Å²) < 4.78 is 3.39. The van der Waals surface area contributed by atoms with Gasteiger partial charge in [0.15, 0.2) is 11.5 Å². The average Bonchev–Trinajstić information content (AvgIpc) is 2.97. The minimum Gasteiger partial charge on any atom is -0.382 e. The summed E-state index contributed by atoms with van der Waals surface area (Å²) in [6.07, 6.45) is 1.78. The first-order valence-electron chi connectivity index (χ1n) is 7.71. The Kier molecular flexibility index (Phi) is 3.92. The topological polar surface area (TPSA) is 86.4 Å². The molecule has 2 aromatic heterocycles. The van der Waals surface area contributed by atoms with Gasteiger partial charge in [-0.3, -0.25) is 4.68 Å². The number of nitrogens with two attached hydrogens (primary N) is 1. The average molecular weight is 323 g/mol. The smallest absolute Gasteiger partial charge is 0.180 e. The van der Waals surface area contributed by atoms with Crippen LogP contribution in [0.25, 0.3) is 5.69 Å². The molecule has 1 aromatic carbocycles. The molecule has 124 valence electrons. The number of hydrogen-bond acceptors (Lipinski definition) is 5. The molecule has 7 heteroatoms. The van der Waals surface area contributed by atoms with E-state index in [9.17, 15) is 0 Å². The van der Waals surface area contributed by atoms with Crippen molar-refractivity contribution in [3.05, 3.63) is 46.8 Å². The van der Waals surface area contributed by atoms with E-state index < -0.39 is 0 Å². The highest BCUT2D eigenvalue weighted by molar-refractivity contribution is 5.61. The highest BCUT2D eigenvalue weighted by atomic mass is 15.4. The van der Waals surface area contributed by atoms with Gasteiger partial charge in [-0.1, -0.05) is 6.07 Å². The van der Waals surface area contributed by atoms with E-state index in [-0.39, 0.29) is 0 Å². The first-order chi connectivity index (χ1) is 11.4. The fourth-order valence-corrected chi connectivity index (χ4v) is 2.69. The normalized spacial score (nSPS) is 11.5. The molecule has 0 spiro atoms. The third kappa shape index (κ3) is 2.80. The molecule has 0 aliphatic rings. The van der Waals surface area contributed by atoms with E-state index in [4.69, 9.17) is 5.73 Å². The maximum Gasteiger partial charge on any atom is 0.180 e. The second kappa shape index (κ2) is 5.92. The van der Waals surface area contributed by atoms with Gasteiger partial charge in [0.25, 0.3) is 0 Å². The van der Waals surface area contributed by atoms with Crippen molar-refractivity contribution < 1.29 is 0 Å². The summed E-state index contributed by atoms with van der Waals surface area (Å²) in [5.41, 5.74) is 11.6. The van der Waals surface area contributed by atoms with Gasteiger partial charge in [-0.15, -0.1) is 10.2 Å². The van der Waals surface area contributed by atoms with Crippen LogP contribution < -0.4 is 5.73 Å². The summed E-state index contributed by atoms with van der Waals surface area (Å²) in [7, 11) is 1.78. The van der Waals surface area contributed by atoms with Crippen molar-refractivity contribution in [1.29, 1.82) is 0 Å². The van der Waals surface area contributed by atoms with E-state index >= 15 is 0 Å². The van der Waals surface area contributed by atoms with E-state index in [2.05, 4.69) is 52.5 Å². The third-order valence-electron chi connectivity index (χ3n) is 3.85. The number of aryl methyl sites for hydroxylation is 5. The van der Waals surface area contributed by atoms with E-state index in [1.165, 1.54) is 11.1 Å². The lowest BCUT2D eigenvalue weighted by molar-refractivity contribution is 0.767. The van der Waals surface area contributed by atoms with Gasteiger partial charge in [0.05, 0.1) is 17.6 Å². The van der Waals surface area contributed by atoms with Gasteiger partial charge in [0, 0.05) is 12.6 Å². The fourth-order valence-electron chi connectivity index (χ4n) is 2.69. The molecule has 0 amide bonds. The Morgan fingerprint density at radius 3 is 2.25 bits per heavy atom. The highest BCUT2D eigenvalue weighted by Gasteiger charge is 2.12. The molecular formula is C17H21N7. The van der Waals surface area contributed by atoms with Gasteiger partial charge in [0.2, 0.25) is 0 Å². The van der Waals surface area contributed by atoms with Gasteiger partial charge >= 0.3 is 0 Å². The predicted molar refractivity (Wildman–Crippen MR) is 94.3 cm³/mol. The molecule has 0 unspecified atom stereocenters. The zero-order valence-corrected chi connectivity index (χ0v) is 14.6. The molecular weight excluding hydrogens is 302 g/mol. The van der Waals surface area contributed by atoms with Crippen LogP contribution >= 0.6 is 0 Å². The number of benzene rings is 1. The summed E-state index contributed by atoms with van der Waals surface area (Å²) in [6, 6.07) is 6.27. The second-order valence-corrected chi connectivity index (χ2v) is 6.05. The molecule has 0 saturated heterocycles. The van der Waals surface area contributed by atoms with E-state index in [0.29, 0.717) is 17.3 Å². The maximum absolute atomic E-state index is 5.99. The molecule has 3 aromatic rings. The van der Waals surface area contributed by atoms with Gasteiger partial charge in [-0.05, 0) is 51.0 Å². The summed E-state index contributed by atoms with van der Waals surface area (Å²) >= 11 is 0. The minimum atomic E-state index is 0.492. The lowest BCUT2D eigenvalue weighted by atomic mass is 10.1. The van der Waals surface area contributed by atoms with E-state index in [1.54, 1.807) is 22.6 Å². The summed E-state index contributed by atoms with van der Waals surface area (Å²) in [6.45, 7) is 7.94. The number of aromatic nitrogens is 4.